The lowest BCUT2D eigenvalue weighted by Crippen LogP contribution is -2.16. The third-order valence-corrected chi connectivity index (χ3v) is 4.66. The molecule has 0 saturated heterocycles. The average molecular weight is 395 g/mol. The zero-order chi connectivity index (χ0) is 15.6. The van der Waals surface area contributed by atoms with E-state index in [2.05, 4.69) is 31.0 Å². The number of nitrogens with zero attached hydrogens (tertiary/aromatic N) is 1. The highest BCUT2D eigenvalue weighted by Crippen LogP contribution is 2.29. The van der Waals surface area contributed by atoms with Crippen molar-refractivity contribution in [1.82, 2.24) is 4.98 Å². The summed E-state index contributed by atoms with van der Waals surface area (Å²) in [6, 6.07) is 5.24. The number of rotatable bonds is 4. The highest BCUT2D eigenvalue weighted by atomic mass is 79.9. The van der Waals surface area contributed by atoms with Crippen LogP contribution in [-0.2, 0) is 10.0 Å². The summed E-state index contributed by atoms with van der Waals surface area (Å²) in [5.41, 5.74) is -0.304. The molecule has 0 bridgehead atoms. The van der Waals surface area contributed by atoms with Crippen molar-refractivity contribution in [3.05, 3.63) is 45.8 Å². The maximum Gasteiger partial charge on any atom is 0.265 e. The molecule has 5 nitrogen and oxygen atoms in total. The van der Waals surface area contributed by atoms with Crippen LogP contribution in [0.25, 0.3) is 0 Å². The molecule has 1 heterocycles. The molecule has 2 aromatic rings. The minimum absolute atomic E-state index is 0.0347. The van der Waals surface area contributed by atoms with Gasteiger partial charge in [-0.3, -0.25) is 4.72 Å². The second-order valence-corrected chi connectivity index (χ2v) is 6.93. The van der Waals surface area contributed by atoms with Gasteiger partial charge in [-0.15, -0.1) is 0 Å². The van der Waals surface area contributed by atoms with Crippen LogP contribution in [0.5, 0.6) is 0 Å². The number of hydrogen-bond acceptors (Lipinski definition) is 4. The number of halogens is 3. The van der Waals surface area contributed by atoms with E-state index in [4.69, 9.17) is 11.6 Å². The Labute approximate surface area is 134 Å². The Bertz CT molecular complexity index is 766. The van der Waals surface area contributed by atoms with Crippen LogP contribution >= 0.6 is 27.5 Å². The van der Waals surface area contributed by atoms with E-state index in [-0.39, 0.29) is 21.4 Å². The van der Waals surface area contributed by atoms with Gasteiger partial charge in [-0.25, -0.2) is 17.8 Å². The maximum atomic E-state index is 13.7. The fraction of sp³-hybridized carbons (Fsp3) is 0.0833. The standard InChI is InChI=1S/C12H10BrClFN3O2S/c1-16-12-10(5-7(13)6-17-12)21(19,20)18-11-8(14)3-2-4-9(11)15/h2-6,18H,1H3,(H,16,17). The van der Waals surface area contributed by atoms with E-state index in [0.717, 1.165) is 6.07 Å². The normalized spacial score (nSPS) is 11.2. The summed E-state index contributed by atoms with van der Waals surface area (Å²) in [5, 5.41) is 2.63. The second-order valence-electron chi connectivity index (χ2n) is 3.95. The lowest BCUT2D eigenvalue weighted by molar-refractivity contribution is 0.598. The molecule has 1 aromatic carbocycles. The van der Waals surface area contributed by atoms with Crippen molar-refractivity contribution in [3.8, 4) is 0 Å². The molecule has 1 aromatic heterocycles. The van der Waals surface area contributed by atoms with Gasteiger partial charge in [-0.2, -0.15) is 0 Å². The predicted octanol–water partition coefficient (Wildman–Crippen LogP) is 3.48. The fourth-order valence-electron chi connectivity index (χ4n) is 1.60. The molecular formula is C12H10BrClFN3O2S. The van der Waals surface area contributed by atoms with Gasteiger partial charge in [0.2, 0.25) is 0 Å². The van der Waals surface area contributed by atoms with E-state index in [1.807, 2.05) is 0 Å². The summed E-state index contributed by atoms with van der Waals surface area (Å²) in [7, 11) is -2.52. The van der Waals surface area contributed by atoms with Gasteiger partial charge in [0.25, 0.3) is 10.0 Å². The van der Waals surface area contributed by atoms with Crippen molar-refractivity contribution in [2.24, 2.45) is 0 Å². The highest BCUT2D eigenvalue weighted by molar-refractivity contribution is 9.10. The van der Waals surface area contributed by atoms with Crippen molar-refractivity contribution >= 4 is 49.1 Å². The topological polar surface area (TPSA) is 71.1 Å². The first-order valence-corrected chi connectivity index (χ1v) is 8.30. The first-order valence-electron chi connectivity index (χ1n) is 5.65. The Morgan fingerprint density at radius 1 is 1.38 bits per heavy atom. The van der Waals surface area contributed by atoms with Gasteiger partial charge >= 0.3 is 0 Å². The summed E-state index contributed by atoms with van der Waals surface area (Å²) in [6.45, 7) is 0. The number of aromatic nitrogens is 1. The molecule has 0 amide bonds. The van der Waals surface area contributed by atoms with Crippen molar-refractivity contribution < 1.29 is 12.8 Å². The van der Waals surface area contributed by atoms with Crippen molar-refractivity contribution in [1.29, 1.82) is 0 Å². The number of para-hydroxylation sites is 1. The highest BCUT2D eigenvalue weighted by Gasteiger charge is 2.22. The van der Waals surface area contributed by atoms with E-state index >= 15 is 0 Å². The second kappa shape index (κ2) is 6.17. The summed E-state index contributed by atoms with van der Waals surface area (Å²) in [5.74, 6) is -0.627. The van der Waals surface area contributed by atoms with Crippen molar-refractivity contribution in [2.75, 3.05) is 17.1 Å². The van der Waals surface area contributed by atoms with Gasteiger partial charge < -0.3 is 5.32 Å². The van der Waals surface area contributed by atoms with Crippen LogP contribution in [-0.4, -0.2) is 20.4 Å². The number of sulfonamides is 1. The molecule has 2 N–H and O–H groups in total. The van der Waals surface area contributed by atoms with Crippen LogP contribution in [0.3, 0.4) is 0 Å². The molecule has 0 radical (unpaired) electrons. The van der Waals surface area contributed by atoms with Gasteiger partial charge in [0.1, 0.15) is 22.2 Å². The van der Waals surface area contributed by atoms with Gasteiger partial charge in [-0.05, 0) is 34.1 Å². The molecular weight excluding hydrogens is 385 g/mol. The first kappa shape index (κ1) is 16.0. The van der Waals surface area contributed by atoms with Crippen LogP contribution in [0, 0.1) is 5.82 Å². The fourth-order valence-corrected chi connectivity index (χ4v) is 3.62. The van der Waals surface area contributed by atoms with Gasteiger partial charge in [-0.1, -0.05) is 17.7 Å². The zero-order valence-corrected chi connectivity index (χ0v) is 13.9. The smallest absolute Gasteiger partial charge is 0.265 e. The quantitative estimate of drug-likeness (QED) is 0.833. The van der Waals surface area contributed by atoms with Gasteiger partial charge in [0.15, 0.2) is 0 Å². The predicted molar refractivity (Wildman–Crippen MR) is 83.7 cm³/mol. The molecule has 0 aliphatic carbocycles. The summed E-state index contributed by atoms with van der Waals surface area (Å²) < 4.78 is 41.1. The van der Waals surface area contributed by atoms with Crippen LogP contribution in [0.15, 0.2) is 39.8 Å². The van der Waals surface area contributed by atoms with Crippen molar-refractivity contribution in [2.45, 2.75) is 4.90 Å². The molecule has 112 valence electrons. The van der Waals surface area contributed by atoms with E-state index in [1.165, 1.54) is 31.4 Å². The SMILES string of the molecule is CNc1ncc(Br)cc1S(=O)(=O)Nc1c(F)cccc1Cl. The molecule has 9 heteroatoms. The molecule has 0 atom stereocenters. The Balaban J connectivity index is 2.51. The van der Waals surface area contributed by atoms with E-state index in [1.54, 1.807) is 0 Å². The molecule has 0 unspecified atom stereocenters. The van der Waals surface area contributed by atoms with E-state index < -0.39 is 15.8 Å². The summed E-state index contributed by atoms with van der Waals surface area (Å²) in [6.07, 6.45) is 1.45. The average Bonchev–Trinajstić information content (AvgIpc) is 2.43. The van der Waals surface area contributed by atoms with E-state index in [9.17, 15) is 12.8 Å². The Morgan fingerprint density at radius 2 is 2.10 bits per heavy atom. The zero-order valence-electron chi connectivity index (χ0n) is 10.7. The number of nitrogens with one attached hydrogen (secondary N) is 2. The van der Waals surface area contributed by atoms with E-state index in [0.29, 0.717) is 4.47 Å². The number of pyridine rings is 1. The van der Waals surface area contributed by atoms with Crippen LogP contribution in [0.2, 0.25) is 5.02 Å². The third-order valence-electron chi connectivity index (χ3n) is 2.54. The summed E-state index contributed by atoms with van der Waals surface area (Å²) >= 11 is 8.97. The number of benzene rings is 1. The van der Waals surface area contributed by atoms with Crippen molar-refractivity contribution in [3.63, 3.8) is 0 Å². The third kappa shape index (κ3) is 3.45. The van der Waals surface area contributed by atoms with Crippen LogP contribution in [0.1, 0.15) is 0 Å². The monoisotopic (exact) mass is 393 g/mol. The Morgan fingerprint density at radius 3 is 2.71 bits per heavy atom. The molecule has 0 aliphatic rings. The van der Waals surface area contributed by atoms with Crippen LogP contribution in [0.4, 0.5) is 15.9 Å². The lowest BCUT2D eigenvalue weighted by Gasteiger charge is -2.13. The summed E-state index contributed by atoms with van der Waals surface area (Å²) in [4.78, 5) is 3.82. The molecule has 0 aliphatic heterocycles. The lowest BCUT2D eigenvalue weighted by atomic mass is 10.3. The Hall–Kier alpha value is -1.38. The minimum Gasteiger partial charge on any atom is -0.372 e. The molecule has 0 fully saturated rings. The van der Waals surface area contributed by atoms with Gasteiger partial charge in [0.05, 0.1) is 5.02 Å². The maximum absolute atomic E-state index is 13.7. The largest absolute Gasteiger partial charge is 0.372 e. The van der Waals surface area contributed by atoms with Crippen LogP contribution < -0.4 is 10.0 Å². The minimum atomic E-state index is -4.05. The first-order chi connectivity index (χ1) is 9.85. The number of hydrogen-bond donors (Lipinski definition) is 2. The number of anilines is 2. The molecule has 0 spiro atoms. The molecule has 0 saturated carbocycles. The van der Waals surface area contributed by atoms with Gasteiger partial charge in [0, 0.05) is 17.7 Å². The molecule has 21 heavy (non-hydrogen) atoms. The Kier molecular flexibility index (Phi) is 4.70. The molecule has 2 rings (SSSR count).